The lowest BCUT2D eigenvalue weighted by Crippen LogP contribution is -2.62. The highest BCUT2D eigenvalue weighted by Gasteiger charge is 2.54. The lowest BCUT2D eigenvalue weighted by Gasteiger charge is -2.41. The summed E-state index contributed by atoms with van der Waals surface area (Å²) in [4.78, 5) is 40.9. The van der Waals surface area contributed by atoms with Gasteiger partial charge in [0, 0.05) is 20.8 Å². The molecule has 0 aromatic heterocycles. The molecule has 5 N–H and O–H groups in total. The lowest BCUT2D eigenvalue weighted by molar-refractivity contribution is -0.209. The number of carbonyl (C=O) groups is 3. The molecule has 0 bridgehead atoms. The van der Waals surface area contributed by atoms with Gasteiger partial charge in [0.05, 0.1) is 12.6 Å². The van der Waals surface area contributed by atoms with Crippen LogP contribution in [0.25, 0.3) is 0 Å². The number of aliphatic imine (C=N–C) groups is 2. The Labute approximate surface area is 271 Å². The first-order chi connectivity index (χ1) is 21.8. The Morgan fingerprint density at radius 2 is 1.23 bits per heavy atom. The van der Waals surface area contributed by atoms with Crippen molar-refractivity contribution >= 4 is 51.8 Å². The van der Waals surface area contributed by atoms with Crippen molar-refractivity contribution in [3.8, 4) is 0 Å². The molecule has 15 nitrogen and oxygen atoms in total. The maximum Gasteiger partial charge on any atom is 0.408 e. The molecule has 10 atom stereocenters. The molecule has 0 saturated carbocycles. The van der Waals surface area contributed by atoms with E-state index in [1.54, 1.807) is 0 Å². The van der Waals surface area contributed by atoms with Crippen LogP contribution >= 0.6 is 23.5 Å². The number of halogens is 6. The number of amidine groups is 2. The van der Waals surface area contributed by atoms with Crippen molar-refractivity contribution in [2.24, 2.45) is 9.98 Å². The molecule has 268 valence electrons. The van der Waals surface area contributed by atoms with Gasteiger partial charge in [0.25, 0.3) is 0 Å². The Balaban J connectivity index is 0.000000274. The van der Waals surface area contributed by atoms with Crippen LogP contribution in [0.4, 0.5) is 26.3 Å². The van der Waals surface area contributed by atoms with Gasteiger partial charge in [-0.05, 0) is 0 Å². The van der Waals surface area contributed by atoms with Crippen LogP contribution in [0.5, 0.6) is 0 Å². The maximum absolute atomic E-state index is 12.4. The number of hydrogen-bond donors (Lipinski definition) is 5. The van der Waals surface area contributed by atoms with Crippen LogP contribution in [0.1, 0.15) is 20.8 Å². The highest BCUT2D eigenvalue weighted by atomic mass is 32.2. The van der Waals surface area contributed by atoms with Gasteiger partial charge < -0.3 is 49.6 Å². The summed E-state index contributed by atoms with van der Waals surface area (Å²) in [5, 5.41) is 33.6. The molecular formula is C24H32F6N4O11S2. The fourth-order valence-electron chi connectivity index (χ4n) is 4.55. The van der Waals surface area contributed by atoms with E-state index < -0.39 is 110 Å². The average Bonchev–Trinajstić information content (AvgIpc) is 3.56. The molecule has 4 aliphatic rings. The van der Waals surface area contributed by atoms with Crippen LogP contribution < -0.4 is 10.6 Å². The van der Waals surface area contributed by atoms with Gasteiger partial charge in [0.1, 0.15) is 61.0 Å². The molecule has 0 aromatic rings. The van der Waals surface area contributed by atoms with Crippen LogP contribution in [-0.4, -0.2) is 142 Å². The second-order valence-corrected chi connectivity index (χ2v) is 12.4. The van der Waals surface area contributed by atoms with Crippen molar-refractivity contribution in [3.05, 3.63) is 0 Å². The monoisotopic (exact) mass is 730 g/mol. The summed E-state index contributed by atoms with van der Waals surface area (Å²) in [7, 11) is 0. The molecule has 0 aromatic carbocycles. The summed E-state index contributed by atoms with van der Waals surface area (Å²) in [5.74, 6) is -2.00. The van der Waals surface area contributed by atoms with E-state index in [1.165, 1.54) is 6.92 Å². The Hall–Kier alpha value is -2.57. The fraction of sp³-hybridized carbons (Fsp3) is 0.792. The van der Waals surface area contributed by atoms with E-state index in [-0.39, 0.29) is 16.9 Å². The number of ether oxygens (including phenoxy) is 5. The number of esters is 3. The Bertz CT molecular complexity index is 1200. The fourth-order valence-corrected chi connectivity index (χ4v) is 6.82. The van der Waals surface area contributed by atoms with Crippen LogP contribution in [0.3, 0.4) is 0 Å². The van der Waals surface area contributed by atoms with E-state index in [1.807, 2.05) is 0 Å². The summed E-state index contributed by atoms with van der Waals surface area (Å²) < 4.78 is 99.8. The summed E-state index contributed by atoms with van der Waals surface area (Å²) in [5.41, 5.74) is -1.49. The van der Waals surface area contributed by atoms with Crippen molar-refractivity contribution in [1.29, 1.82) is 0 Å². The topological polar surface area (TPSA) is 207 Å². The van der Waals surface area contributed by atoms with E-state index in [9.17, 15) is 50.9 Å². The minimum absolute atomic E-state index is 0.00263. The molecule has 4 fully saturated rings. The Kier molecular flexibility index (Phi) is 13.4. The van der Waals surface area contributed by atoms with Crippen molar-refractivity contribution < 1.29 is 79.7 Å². The number of hydrogen-bond acceptors (Lipinski definition) is 15. The quantitative estimate of drug-likeness (QED) is 0.131. The third-order valence-electron chi connectivity index (χ3n) is 6.42. The minimum Gasteiger partial charge on any atom is -0.463 e. The molecule has 4 saturated heterocycles. The molecule has 0 unspecified atom stereocenters. The van der Waals surface area contributed by atoms with Gasteiger partial charge >= 0.3 is 30.3 Å². The summed E-state index contributed by atoms with van der Waals surface area (Å²) in [6.45, 7) is -0.0806. The zero-order valence-electron chi connectivity index (χ0n) is 24.7. The van der Waals surface area contributed by atoms with E-state index in [2.05, 4.69) is 20.6 Å². The average molecular weight is 731 g/mol. The molecule has 23 heteroatoms. The number of alkyl halides is 6. The highest BCUT2D eigenvalue weighted by Crippen LogP contribution is 2.37. The second-order valence-electron chi connectivity index (χ2n) is 10.2. The number of nitrogens with zero attached hydrogens (tertiary/aromatic N) is 2. The molecule has 0 spiro atoms. The third kappa shape index (κ3) is 11.5. The van der Waals surface area contributed by atoms with Crippen LogP contribution in [0.2, 0.25) is 0 Å². The molecule has 0 amide bonds. The largest absolute Gasteiger partial charge is 0.463 e. The van der Waals surface area contributed by atoms with Crippen LogP contribution in [0.15, 0.2) is 9.98 Å². The molecule has 47 heavy (non-hydrogen) atoms. The van der Waals surface area contributed by atoms with Gasteiger partial charge in [-0.1, -0.05) is 23.5 Å². The number of carbonyl (C=O) groups excluding carboxylic acids is 3. The van der Waals surface area contributed by atoms with Gasteiger partial charge in [-0.2, -0.15) is 26.3 Å². The molecule has 4 rings (SSSR count). The summed E-state index contributed by atoms with van der Waals surface area (Å²) >= 11 is 1.76. The Morgan fingerprint density at radius 3 is 1.70 bits per heavy atom. The maximum atomic E-state index is 12.4. The number of thioether (sulfide) groups is 2. The van der Waals surface area contributed by atoms with Gasteiger partial charge in [-0.25, -0.2) is 0 Å². The molecular weight excluding hydrogens is 698 g/mol. The van der Waals surface area contributed by atoms with Gasteiger partial charge in [0.15, 0.2) is 22.5 Å². The number of fused-ring (bicyclic) bond motifs is 2. The molecule has 4 aliphatic heterocycles. The SMILES string of the molecule is CC(=O)OC[C@H]1O[C@@H]2SC(=NCC(F)(F)F)N[C@@H]2[C@@H](OC(C)=O)[C@@H]1OC(C)=O.OC[C@H]1O[C@@H]2SC(=NCC(F)(F)F)N[C@@H]2[C@@H](O)[C@@H]1O. The highest BCUT2D eigenvalue weighted by molar-refractivity contribution is 8.14. The van der Waals surface area contributed by atoms with E-state index in [0.717, 1.165) is 37.4 Å². The molecule has 4 heterocycles. The van der Waals surface area contributed by atoms with Gasteiger partial charge in [0.2, 0.25) is 0 Å². The molecule has 0 radical (unpaired) electrons. The van der Waals surface area contributed by atoms with Crippen molar-refractivity contribution in [3.63, 3.8) is 0 Å². The van der Waals surface area contributed by atoms with Crippen molar-refractivity contribution in [2.75, 3.05) is 26.3 Å². The Morgan fingerprint density at radius 1 is 0.766 bits per heavy atom. The zero-order chi connectivity index (χ0) is 35.3. The standard InChI is InChI=1S/C15H19F3N2O7S.C9H13F3N2O4S/c1-6(21)24-4-9-11(25-7(2)22)12(26-8(3)23)10-13(27-9)28-14(20-10)19-5-15(16,17)18;10-9(11,12)2-13-8-14-4-6(17)5(16)3(1-15)18-7(4)19-8/h9-13H,4-5H2,1-3H3,(H,19,20);3-7,15-17H,1-2H2,(H,13,14)/t9-,10-,11-,12-,13-;3-,4-,5-,6-,7-/m11/s1. The van der Waals surface area contributed by atoms with E-state index in [4.69, 9.17) is 28.8 Å². The normalized spacial score (nSPS) is 35.1. The predicted molar refractivity (Wildman–Crippen MR) is 150 cm³/mol. The van der Waals surface area contributed by atoms with E-state index >= 15 is 0 Å². The lowest BCUT2D eigenvalue weighted by atomic mass is 9.97. The summed E-state index contributed by atoms with van der Waals surface area (Å²) in [6.07, 6.45) is -15.6. The smallest absolute Gasteiger partial charge is 0.408 e. The number of nitrogens with one attached hydrogen (secondary N) is 2. The first-order valence-electron chi connectivity index (χ1n) is 13.6. The van der Waals surface area contributed by atoms with Crippen molar-refractivity contribution in [1.82, 2.24) is 10.6 Å². The van der Waals surface area contributed by atoms with E-state index in [0.29, 0.717) is 0 Å². The predicted octanol–water partition coefficient (Wildman–Crippen LogP) is -0.190. The van der Waals surface area contributed by atoms with Crippen LogP contribution in [0, 0.1) is 0 Å². The number of aliphatic hydroxyl groups excluding tert-OH is 3. The van der Waals surface area contributed by atoms with Crippen molar-refractivity contribution in [2.45, 2.75) is 92.7 Å². The van der Waals surface area contributed by atoms with Gasteiger partial charge in [-0.3, -0.25) is 24.4 Å². The van der Waals surface area contributed by atoms with Crippen LogP contribution in [-0.2, 0) is 38.1 Å². The van der Waals surface area contributed by atoms with Gasteiger partial charge in [-0.15, -0.1) is 0 Å². The first kappa shape index (κ1) is 38.9. The summed E-state index contributed by atoms with van der Waals surface area (Å²) in [6, 6.07) is -1.58. The second kappa shape index (κ2) is 16.2. The zero-order valence-corrected chi connectivity index (χ0v) is 26.3. The third-order valence-corrected chi connectivity index (χ3v) is 8.64. The first-order valence-corrected chi connectivity index (χ1v) is 15.4. The number of aliphatic hydroxyl groups is 3. The minimum atomic E-state index is -4.49. The molecule has 0 aliphatic carbocycles. The number of rotatable bonds is 7.